The Morgan fingerprint density at radius 2 is 1.54 bits per heavy atom. The largest absolute Gasteiger partial charge is 0.479 e. The average molecular weight is 359 g/mol. The van der Waals surface area contributed by atoms with Crippen LogP contribution in [0.3, 0.4) is 0 Å². The molecular formula is C20H22FNO4. The zero-order valence-electron chi connectivity index (χ0n) is 15.2. The summed E-state index contributed by atoms with van der Waals surface area (Å²) in [5.41, 5.74) is 2.55. The van der Waals surface area contributed by atoms with Gasteiger partial charge in [0, 0.05) is 5.69 Å². The van der Waals surface area contributed by atoms with Crippen molar-refractivity contribution in [2.45, 2.75) is 39.9 Å². The van der Waals surface area contributed by atoms with Gasteiger partial charge in [-0.25, -0.2) is 9.18 Å². The van der Waals surface area contributed by atoms with E-state index in [9.17, 15) is 14.0 Å². The topological polar surface area (TPSA) is 64.6 Å². The highest BCUT2D eigenvalue weighted by Crippen LogP contribution is 2.20. The van der Waals surface area contributed by atoms with E-state index in [1.54, 1.807) is 0 Å². The predicted octanol–water partition coefficient (Wildman–Crippen LogP) is 3.78. The summed E-state index contributed by atoms with van der Waals surface area (Å²) in [4.78, 5) is 24.4. The number of aryl methyl sites for hydroxylation is 2. The van der Waals surface area contributed by atoms with Crippen molar-refractivity contribution in [3.63, 3.8) is 0 Å². The van der Waals surface area contributed by atoms with Crippen molar-refractivity contribution in [3.8, 4) is 5.75 Å². The van der Waals surface area contributed by atoms with Gasteiger partial charge in [-0.2, -0.15) is 0 Å². The molecule has 2 rings (SSSR count). The lowest BCUT2D eigenvalue weighted by molar-refractivity contribution is -0.159. The van der Waals surface area contributed by atoms with Crippen LogP contribution in [0.5, 0.6) is 5.75 Å². The van der Waals surface area contributed by atoms with E-state index >= 15 is 0 Å². The third kappa shape index (κ3) is 5.05. The Morgan fingerprint density at radius 3 is 2.12 bits per heavy atom. The molecule has 2 aromatic rings. The van der Waals surface area contributed by atoms with E-state index < -0.39 is 29.9 Å². The van der Waals surface area contributed by atoms with Gasteiger partial charge in [-0.15, -0.1) is 0 Å². The second kappa shape index (κ2) is 8.47. The van der Waals surface area contributed by atoms with E-state index in [1.165, 1.54) is 38.1 Å². The second-order valence-corrected chi connectivity index (χ2v) is 6.05. The van der Waals surface area contributed by atoms with Crippen LogP contribution in [0.25, 0.3) is 0 Å². The molecule has 0 heterocycles. The average Bonchev–Trinajstić information content (AvgIpc) is 2.59. The van der Waals surface area contributed by atoms with Gasteiger partial charge in [0.25, 0.3) is 5.91 Å². The van der Waals surface area contributed by atoms with Crippen LogP contribution in [0.4, 0.5) is 10.1 Å². The number of para-hydroxylation sites is 1. The molecule has 0 saturated heterocycles. The van der Waals surface area contributed by atoms with Crippen LogP contribution in [-0.4, -0.2) is 24.1 Å². The molecule has 0 radical (unpaired) electrons. The van der Waals surface area contributed by atoms with Gasteiger partial charge in [-0.05, 0) is 63.1 Å². The quantitative estimate of drug-likeness (QED) is 0.797. The fourth-order valence-electron chi connectivity index (χ4n) is 2.33. The number of hydrogen-bond acceptors (Lipinski definition) is 4. The number of anilines is 1. The molecule has 0 aliphatic carbocycles. The minimum atomic E-state index is -0.985. The minimum Gasteiger partial charge on any atom is -0.479 e. The second-order valence-electron chi connectivity index (χ2n) is 6.05. The van der Waals surface area contributed by atoms with Crippen molar-refractivity contribution in [1.82, 2.24) is 0 Å². The van der Waals surface area contributed by atoms with Gasteiger partial charge in [-0.3, -0.25) is 4.79 Å². The van der Waals surface area contributed by atoms with Crippen molar-refractivity contribution >= 4 is 17.6 Å². The first-order valence-corrected chi connectivity index (χ1v) is 8.27. The van der Waals surface area contributed by atoms with Crippen LogP contribution in [0, 0.1) is 19.7 Å². The molecule has 0 unspecified atom stereocenters. The number of carbonyl (C=O) groups excluding carboxylic acids is 2. The number of carbonyl (C=O) groups is 2. The third-order valence-electron chi connectivity index (χ3n) is 3.85. The summed E-state index contributed by atoms with van der Waals surface area (Å²) in [6, 6.07) is 11.0. The zero-order valence-corrected chi connectivity index (χ0v) is 15.2. The molecular weight excluding hydrogens is 337 g/mol. The summed E-state index contributed by atoms with van der Waals surface area (Å²) in [6.07, 6.45) is -1.92. The number of benzene rings is 2. The fraction of sp³-hybridized carbons (Fsp3) is 0.300. The Balaban J connectivity index is 1.93. The smallest absolute Gasteiger partial charge is 0.347 e. The van der Waals surface area contributed by atoms with E-state index in [4.69, 9.17) is 9.47 Å². The molecule has 0 spiro atoms. The predicted molar refractivity (Wildman–Crippen MR) is 96.6 cm³/mol. The summed E-state index contributed by atoms with van der Waals surface area (Å²) >= 11 is 0. The van der Waals surface area contributed by atoms with Gasteiger partial charge in [-0.1, -0.05) is 18.2 Å². The Kier molecular flexibility index (Phi) is 6.33. The van der Waals surface area contributed by atoms with Crippen molar-refractivity contribution < 1.29 is 23.5 Å². The lowest BCUT2D eigenvalue weighted by atomic mass is 10.1. The van der Waals surface area contributed by atoms with Crippen LogP contribution in [-0.2, 0) is 14.3 Å². The number of rotatable bonds is 6. The Labute approximate surface area is 152 Å². The molecule has 0 aromatic heterocycles. The van der Waals surface area contributed by atoms with Gasteiger partial charge in [0.2, 0.25) is 0 Å². The maximum absolute atomic E-state index is 12.9. The van der Waals surface area contributed by atoms with Gasteiger partial charge in [0.1, 0.15) is 11.6 Å². The van der Waals surface area contributed by atoms with E-state index in [0.29, 0.717) is 11.4 Å². The summed E-state index contributed by atoms with van der Waals surface area (Å²) in [5.74, 6) is -1.17. The molecule has 138 valence electrons. The lowest BCUT2D eigenvalue weighted by Crippen LogP contribution is -2.35. The number of hydrogen-bond donors (Lipinski definition) is 1. The maximum atomic E-state index is 12.9. The Bertz CT molecular complexity index is 769. The van der Waals surface area contributed by atoms with Crippen LogP contribution in [0.15, 0.2) is 42.5 Å². The first kappa shape index (κ1) is 19.4. The van der Waals surface area contributed by atoms with Crippen LogP contribution < -0.4 is 10.1 Å². The lowest BCUT2D eigenvalue weighted by Gasteiger charge is -2.19. The van der Waals surface area contributed by atoms with Crippen LogP contribution in [0.1, 0.15) is 25.0 Å². The highest BCUT2D eigenvalue weighted by atomic mass is 19.1. The first-order chi connectivity index (χ1) is 12.3. The molecule has 0 aliphatic heterocycles. The molecule has 2 atom stereocenters. The van der Waals surface area contributed by atoms with E-state index in [2.05, 4.69) is 5.32 Å². The van der Waals surface area contributed by atoms with Crippen LogP contribution in [0.2, 0.25) is 0 Å². The van der Waals surface area contributed by atoms with Crippen molar-refractivity contribution in [2.24, 2.45) is 0 Å². The van der Waals surface area contributed by atoms with Gasteiger partial charge in [0.05, 0.1) is 0 Å². The number of nitrogens with one attached hydrogen (secondary N) is 1. The number of halogens is 1. The molecule has 0 fully saturated rings. The minimum absolute atomic E-state index is 0.337. The first-order valence-electron chi connectivity index (χ1n) is 8.27. The number of amides is 1. The SMILES string of the molecule is Cc1cccc(C)c1NC(=O)[C@H](C)OC(=O)[C@H](C)Oc1ccc(F)cc1. The normalized spacial score (nSPS) is 12.8. The highest BCUT2D eigenvalue weighted by Gasteiger charge is 2.24. The molecule has 26 heavy (non-hydrogen) atoms. The molecule has 1 N–H and O–H groups in total. The maximum Gasteiger partial charge on any atom is 0.347 e. The molecule has 2 aromatic carbocycles. The molecule has 0 aliphatic rings. The van der Waals surface area contributed by atoms with E-state index in [-0.39, 0.29) is 0 Å². The van der Waals surface area contributed by atoms with Crippen molar-refractivity contribution in [3.05, 3.63) is 59.4 Å². The number of ether oxygens (including phenoxy) is 2. The molecule has 5 nitrogen and oxygen atoms in total. The zero-order chi connectivity index (χ0) is 19.3. The van der Waals surface area contributed by atoms with Gasteiger partial charge >= 0.3 is 5.97 Å². The fourth-order valence-corrected chi connectivity index (χ4v) is 2.33. The summed E-state index contributed by atoms with van der Waals surface area (Å²) in [6.45, 7) is 6.77. The Morgan fingerprint density at radius 1 is 0.962 bits per heavy atom. The van der Waals surface area contributed by atoms with Crippen LogP contribution >= 0.6 is 0 Å². The van der Waals surface area contributed by atoms with E-state index in [0.717, 1.165) is 11.1 Å². The number of esters is 1. The summed E-state index contributed by atoms with van der Waals surface area (Å²) < 4.78 is 23.5. The third-order valence-corrected chi connectivity index (χ3v) is 3.85. The summed E-state index contributed by atoms with van der Waals surface area (Å²) in [5, 5.41) is 2.78. The van der Waals surface area contributed by atoms with Crippen molar-refractivity contribution in [1.29, 1.82) is 0 Å². The van der Waals surface area contributed by atoms with Crippen molar-refractivity contribution in [2.75, 3.05) is 5.32 Å². The molecule has 0 saturated carbocycles. The highest BCUT2D eigenvalue weighted by molar-refractivity contribution is 5.96. The van der Waals surface area contributed by atoms with Gasteiger partial charge in [0.15, 0.2) is 12.2 Å². The molecule has 6 heteroatoms. The van der Waals surface area contributed by atoms with E-state index in [1.807, 2.05) is 32.0 Å². The molecule has 0 bridgehead atoms. The Hall–Kier alpha value is -2.89. The summed E-state index contributed by atoms with van der Waals surface area (Å²) in [7, 11) is 0. The van der Waals surface area contributed by atoms with Gasteiger partial charge < -0.3 is 14.8 Å². The molecule has 1 amide bonds. The monoisotopic (exact) mass is 359 g/mol. The standard InChI is InChI=1S/C20H22FNO4/c1-12-6-5-7-13(2)18(12)22-19(23)14(3)26-20(24)15(4)25-17-10-8-16(21)9-11-17/h5-11,14-15H,1-4H3,(H,22,23)/t14-,15-/m0/s1.